The Balaban J connectivity index is 2.09. The molecule has 0 radical (unpaired) electrons. The van der Waals surface area contributed by atoms with Crippen molar-refractivity contribution in [2.24, 2.45) is 0 Å². The number of anilines is 1. The summed E-state index contributed by atoms with van der Waals surface area (Å²) in [6, 6.07) is 14.1. The van der Waals surface area contributed by atoms with Gasteiger partial charge in [0.25, 0.3) is 5.78 Å². The standard InChI is InChI=1S/C17H14ClNO4/c18-13-6-4-11(5-7-13)10-19-14-3-1-2-12(8-14)15(20)9-16(21)17(22)23/h1-9,19-20H,10H2,(H,22,23)/b15-9-. The molecule has 2 rings (SSSR count). The topological polar surface area (TPSA) is 86.6 Å². The number of carbonyl (C=O) groups is 2. The van der Waals surface area contributed by atoms with Gasteiger partial charge >= 0.3 is 5.97 Å². The maximum atomic E-state index is 11.1. The van der Waals surface area contributed by atoms with Gasteiger partial charge in [0, 0.05) is 28.9 Å². The van der Waals surface area contributed by atoms with Crippen molar-refractivity contribution in [3.8, 4) is 0 Å². The second-order valence-corrected chi connectivity index (χ2v) is 5.20. The summed E-state index contributed by atoms with van der Waals surface area (Å²) in [4.78, 5) is 21.6. The smallest absolute Gasteiger partial charge is 0.376 e. The van der Waals surface area contributed by atoms with Crippen molar-refractivity contribution in [2.75, 3.05) is 5.32 Å². The molecule has 23 heavy (non-hydrogen) atoms. The normalized spacial score (nSPS) is 11.1. The number of hydrogen-bond acceptors (Lipinski definition) is 4. The summed E-state index contributed by atoms with van der Waals surface area (Å²) >= 11 is 5.82. The number of aliphatic hydroxyl groups is 1. The van der Waals surface area contributed by atoms with E-state index in [0.717, 1.165) is 11.3 Å². The number of hydrogen-bond donors (Lipinski definition) is 3. The quantitative estimate of drug-likeness (QED) is 0.428. The number of carboxylic acids is 1. The molecule has 0 aliphatic carbocycles. The Labute approximate surface area is 137 Å². The SMILES string of the molecule is O=C(O)C(=O)/C=C(\O)c1cccc(NCc2ccc(Cl)cc2)c1. The molecule has 0 amide bonds. The molecular formula is C17H14ClNO4. The molecule has 0 bridgehead atoms. The summed E-state index contributed by atoms with van der Waals surface area (Å²) in [6.45, 7) is 0.555. The van der Waals surface area contributed by atoms with Crippen LogP contribution in [0.4, 0.5) is 5.69 Å². The van der Waals surface area contributed by atoms with Crippen molar-refractivity contribution in [1.29, 1.82) is 0 Å². The zero-order chi connectivity index (χ0) is 16.8. The minimum Gasteiger partial charge on any atom is -0.507 e. The van der Waals surface area contributed by atoms with Crippen LogP contribution in [0.15, 0.2) is 54.6 Å². The predicted molar refractivity (Wildman–Crippen MR) is 88.5 cm³/mol. The van der Waals surface area contributed by atoms with Gasteiger partial charge in [-0.2, -0.15) is 0 Å². The number of rotatable bonds is 6. The highest BCUT2D eigenvalue weighted by Gasteiger charge is 2.10. The van der Waals surface area contributed by atoms with E-state index in [1.807, 2.05) is 12.1 Å². The molecule has 0 aromatic heterocycles. The first kappa shape index (κ1) is 16.6. The maximum absolute atomic E-state index is 11.1. The zero-order valence-corrected chi connectivity index (χ0v) is 12.7. The molecule has 6 heteroatoms. The number of carbonyl (C=O) groups excluding carboxylic acids is 1. The Morgan fingerprint density at radius 2 is 1.78 bits per heavy atom. The third-order valence-electron chi connectivity index (χ3n) is 3.05. The van der Waals surface area contributed by atoms with Crippen molar-refractivity contribution in [3.05, 3.63) is 70.8 Å². The monoisotopic (exact) mass is 331 g/mol. The summed E-state index contributed by atoms with van der Waals surface area (Å²) in [6.07, 6.45) is 0.681. The molecule has 0 saturated heterocycles. The molecule has 118 valence electrons. The molecule has 0 atom stereocenters. The lowest BCUT2D eigenvalue weighted by Gasteiger charge is -2.08. The van der Waals surface area contributed by atoms with E-state index in [9.17, 15) is 14.7 Å². The van der Waals surface area contributed by atoms with Gasteiger partial charge in [-0.05, 0) is 29.8 Å². The Morgan fingerprint density at radius 1 is 1.09 bits per heavy atom. The van der Waals surface area contributed by atoms with Gasteiger partial charge in [-0.1, -0.05) is 35.9 Å². The molecule has 0 aliphatic heterocycles. The van der Waals surface area contributed by atoms with Gasteiger partial charge in [0.1, 0.15) is 5.76 Å². The van der Waals surface area contributed by atoms with Gasteiger partial charge in [0.15, 0.2) is 0 Å². The summed E-state index contributed by atoms with van der Waals surface area (Å²) in [5.74, 6) is -3.19. The van der Waals surface area contributed by atoms with Crippen LogP contribution in [0.1, 0.15) is 11.1 Å². The molecular weight excluding hydrogens is 318 g/mol. The molecule has 0 fully saturated rings. The van der Waals surface area contributed by atoms with Crippen molar-refractivity contribution in [2.45, 2.75) is 6.54 Å². The molecule has 2 aromatic rings. The van der Waals surface area contributed by atoms with E-state index in [2.05, 4.69) is 5.32 Å². The number of carboxylic acid groups (broad SMARTS) is 1. The Hall–Kier alpha value is -2.79. The van der Waals surface area contributed by atoms with E-state index >= 15 is 0 Å². The molecule has 0 heterocycles. The van der Waals surface area contributed by atoms with Gasteiger partial charge in [0.2, 0.25) is 0 Å². The molecule has 5 nitrogen and oxygen atoms in total. The fourth-order valence-corrected chi connectivity index (χ4v) is 1.99. The van der Waals surface area contributed by atoms with E-state index in [-0.39, 0.29) is 0 Å². The van der Waals surface area contributed by atoms with Gasteiger partial charge in [-0.25, -0.2) is 4.79 Å². The van der Waals surface area contributed by atoms with E-state index in [1.54, 1.807) is 36.4 Å². The number of ketones is 1. The molecule has 0 unspecified atom stereocenters. The summed E-state index contributed by atoms with van der Waals surface area (Å²) in [5, 5.41) is 22.2. The molecule has 2 aromatic carbocycles. The van der Waals surface area contributed by atoms with Crippen LogP contribution in [0.3, 0.4) is 0 Å². The van der Waals surface area contributed by atoms with Crippen LogP contribution < -0.4 is 5.32 Å². The lowest BCUT2D eigenvalue weighted by Crippen LogP contribution is -2.09. The first-order valence-corrected chi connectivity index (χ1v) is 7.10. The Morgan fingerprint density at radius 3 is 2.43 bits per heavy atom. The van der Waals surface area contributed by atoms with Gasteiger partial charge in [-0.3, -0.25) is 4.79 Å². The van der Waals surface area contributed by atoms with E-state index < -0.39 is 17.5 Å². The zero-order valence-electron chi connectivity index (χ0n) is 12.0. The number of aliphatic hydroxyl groups excluding tert-OH is 1. The fraction of sp³-hybridized carbons (Fsp3) is 0.0588. The molecule has 0 saturated carbocycles. The lowest BCUT2D eigenvalue weighted by molar-refractivity contribution is -0.146. The minimum absolute atomic E-state index is 0.348. The van der Waals surface area contributed by atoms with Gasteiger partial charge in [0.05, 0.1) is 0 Å². The van der Waals surface area contributed by atoms with E-state index in [0.29, 0.717) is 23.2 Å². The van der Waals surface area contributed by atoms with Crippen LogP contribution in [0.2, 0.25) is 5.02 Å². The number of nitrogens with one attached hydrogen (secondary N) is 1. The average molecular weight is 332 g/mol. The predicted octanol–water partition coefficient (Wildman–Crippen LogP) is 3.50. The largest absolute Gasteiger partial charge is 0.507 e. The maximum Gasteiger partial charge on any atom is 0.376 e. The van der Waals surface area contributed by atoms with Crippen molar-refractivity contribution in [1.82, 2.24) is 0 Å². The third kappa shape index (κ3) is 4.86. The molecule has 0 spiro atoms. The molecule has 3 N–H and O–H groups in total. The van der Waals surface area contributed by atoms with E-state index in [4.69, 9.17) is 16.7 Å². The highest BCUT2D eigenvalue weighted by molar-refractivity contribution is 6.38. The van der Waals surface area contributed by atoms with E-state index in [1.165, 1.54) is 0 Å². The van der Waals surface area contributed by atoms with Crippen molar-refractivity contribution >= 4 is 34.8 Å². The minimum atomic E-state index is -1.62. The van der Waals surface area contributed by atoms with Crippen molar-refractivity contribution < 1.29 is 19.8 Å². The highest BCUT2D eigenvalue weighted by Crippen LogP contribution is 2.18. The number of halogens is 1. The van der Waals surface area contributed by atoms with Gasteiger partial charge < -0.3 is 15.5 Å². The lowest BCUT2D eigenvalue weighted by atomic mass is 10.1. The Bertz CT molecular complexity index is 753. The fourth-order valence-electron chi connectivity index (χ4n) is 1.86. The second-order valence-electron chi connectivity index (χ2n) is 4.76. The molecule has 0 aliphatic rings. The summed E-state index contributed by atoms with van der Waals surface area (Å²) < 4.78 is 0. The summed E-state index contributed by atoms with van der Waals surface area (Å²) in [7, 11) is 0. The summed E-state index contributed by atoms with van der Waals surface area (Å²) in [5.41, 5.74) is 2.10. The number of benzene rings is 2. The van der Waals surface area contributed by atoms with Crippen LogP contribution >= 0.6 is 11.6 Å². The average Bonchev–Trinajstić information content (AvgIpc) is 2.54. The van der Waals surface area contributed by atoms with Crippen LogP contribution in [-0.2, 0) is 16.1 Å². The van der Waals surface area contributed by atoms with Crippen LogP contribution in [0.5, 0.6) is 0 Å². The Kier molecular flexibility index (Phi) is 5.38. The first-order chi connectivity index (χ1) is 11.0. The van der Waals surface area contributed by atoms with Crippen LogP contribution in [0.25, 0.3) is 5.76 Å². The second kappa shape index (κ2) is 7.47. The number of aliphatic carboxylic acids is 1. The van der Waals surface area contributed by atoms with Crippen LogP contribution in [0, 0.1) is 0 Å². The third-order valence-corrected chi connectivity index (χ3v) is 3.30. The first-order valence-electron chi connectivity index (χ1n) is 6.72. The highest BCUT2D eigenvalue weighted by atomic mass is 35.5. The van der Waals surface area contributed by atoms with Crippen LogP contribution in [-0.4, -0.2) is 22.0 Å². The van der Waals surface area contributed by atoms with Crippen molar-refractivity contribution in [3.63, 3.8) is 0 Å². The van der Waals surface area contributed by atoms with Gasteiger partial charge in [-0.15, -0.1) is 0 Å².